The third kappa shape index (κ3) is 2.88. The molecule has 0 saturated heterocycles. The van der Waals surface area contributed by atoms with Crippen molar-refractivity contribution in [1.29, 1.82) is 0 Å². The number of halogens is 4. The molecule has 2 heterocycles. The van der Waals surface area contributed by atoms with E-state index < -0.39 is 17.8 Å². The van der Waals surface area contributed by atoms with E-state index in [-0.39, 0.29) is 11.4 Å². The molecule has 0 fully saturated rings. The minimum absolute atomic E-state index is 0.0361. The molecule has 0 radical (unpaired) electrons. The lowest BCUT2D eigenvalue weighted by molar-refractivity contribution is -0.141. The zero-order chi connectivity index (χ0) is 14.2. The van der Waals surface area contributed by atoms with Crippen LogP contribution in [0.3, 0.4) is 0 Å². The number of pyridine rings is 1. The summed E-state index contributed by atoms with van der Waals surface area (Å²) in [5.74, 6) is -1.16. The lowest BCUT2D eigenvalue weighted by Crippen LogP contribution is -2.10. The summed E-state index contributed by atoms with van der Waals surface area (Å²) in [4.78, 5) is 14.3. The SMILES string of the molecule is O=C(O)c1cc(I)cn1-c1ccc(C(F)(F)F)nc1. The van der Waals surface area contributed by atoms with Gasteiger partial charge in [-0.1, -0.05) is 0 Å². The van der Waals surface area contributed by atoms with E-state index in [1.54, 1.807) is 0 Å². The van der Waals surface area contributed by atoms with Gasteiger partial charge in [-0.05, 0) is 40.8 Å². The van der Waals surface area contributed by atoms with Gasteiger partial charge in [0.25, 0.3) is 0 Å². The van der Waals surface area contributed by atoms with Crippen molar-refractivity contribution >= 4 is 28.6 Å². The van der Waals surface area contributed by atoms with Crippen LogP contribution in [0.15, 0.2) is 30.6 Å². The number of hydrogen-bond acceptors (Lipinski definition) is 2. The Bertz CT molecular complexity index is 620. The number of aromatic nitrogens is 2. The van der Waals surface area contributed by atoms with E-state index in [0.29, 0.717) is 3.57 Å². The largest absolute Gasteiger partial charge is 0.477 e. The summed E-state index contributed by atoms with van der Waals surface area (Å²) in [6.07, 6.45) is -2.01. The number of rotatable bonds is 2. The Labute approximate surface area is 119 Å². The van der Waals surface area contributed by atoms with Crippen molar-refractivity contribution < 1.29 is 23.1 Å². The van der Waals surface area contributed by atoms with Crippen molar-refractivity contribution in [1.82, 2.24) is 9.55 Å². The summed E-state index contributed by atoms with van der Waals surface area (Å²) in [5, 5.41) is 9.00. The summed E-state index contributed by atoms with van der Waals surface area (Å²) >= 11 is 1.92. The Morgan fingerprint density at radius 3 is 2.53 bits per heavy atom. The topological polar surface area (TPSA) is 55.1 Å². The summed E-state index contributed by atoms with van der Waals surface area (Å²) in [5.41, 5.74) is -0.797. The fraction of sp³-hybridized carbons (Fsp3) is 0.0909. The Morgan fingerprint density at radius 1 is 1.37 bits per heavy atom. The quantitative estimate of drug-likeness (QED) is 0.812. The van der Waals surface area contributed by atoms with Crippen LogP contribution in [0.25, 0.3) is 5.69 Å². The molecule has 1 N–H and O–H groups in total. The van der Waals surface area contributed by atoms with E-state index in [4.69, 9.17) is 5.11 Å². The van der Waals surface area contributed by atoms with Crippen LogP contribution in [0.4, 0.5) is 13.2 Å². The molecule has 19 heavy (non-hydrogen) atoms. The zero-order valence-corrected chi connectivity index (χ0v) is 11.3. The van der Waals surface area contributed by atoms with Gasteiger partial charge in [0.15, 0.2) is 0 Å². The predicted octanol–water partition coefficient (Wildman–Crippen LogP) is 3.19. The minimum atomic E-state index is -4.51. The average molecular weight is 382 g/mol. The van der Waals surface area contributed by atoms with E-state index in [0.717, 1.165) is 12.3 Å². The normalized spacial score (nSPS) is 11.6. The van der Waals surface area contributed by atoms with Gasteiger partial charge in [-0.2, -0.15) is 13.2 Å². The second-order valence-electron chi connectivity index (χ2n) is 3.62. The number of nitrogens with zero attached hydrogens (tertiary/aromatic N) is 2. The van der Waals surface area contributed by atoms with Gasteiger partial charge in [0.05, 0.1) is 11.9 Å². The van der Waals surface area contributed by atoms with Crippen LogP contribution in [-0.4, -0.2) is 20.6 Å². The maximum atomic E-state index is 12.4. The molecule has 0 saturated carbocycles. The molecule has 4 nitrogen and oxygen atoms in total. The standard InChI is InChI=1S/C11H6F3IN2O2/c12-11(13,14)9-2-1-7(4-16-9)17-5-6(15)3-8(17)10(18)19/h1-5H,(H,18,19). The molecule has 8 heteroatoms. The molecule has 0 unspecified atom stereocenters. The van der Waals surface area contributed by atoms with E-state index in [9.17, 15) is 18.0 Å². The van der Waals surface area contributed by atoms with Gasteiger partial charge in [-0.25, -0.2) is 9.78 Å². The van der Waals surface area contributed by atoms with Crippen LogP contribution in [-0.2, 0) is 6.18 Å². The fourth-order valence-electron chi connectivity index (χ4n) is 1.50. The number of carboxylic acid groups (broad SMARTS) is 1. The Morgan fingerprint density at radius 2 is 2.05 bits per heavy atom. The Hall–Kier alpha value is -1.58. The summed E-state index contributed by atoms with van der Waals surface area (Å²) in [6, 6.07) is 3.41. The molecule has 100 valence electrons. The second-order valence-corrected chi connectivity index (χ2v) is 4.86. The molecule has 0 aliphatic heterocycles. The van der Waals surface area contributed by atoms with E-state index >= 15 is 0 Å². The van der Waals surface area contributed by atoms with Crippen LogP contribution < -0.4 is 0 Å². The van der Waals surface area contributed by atoms with E-state index in [1.165, 1.54) is 22.9 Å². The first kappa shape index (κ1) is 13.8. The Balaban J connectivity index is 2.46. The molecule has 0 aliphatic carbocycles. The lowest BCUT2D eigenvalue weighted by atomic mass is 10.3. The highest BCUT2D eigenvalue weighted by molar-refractivity contribution is 14.1. The highest BCUT2D eigenvalue weighted by atomic mass is 127. The van der Waals surface area contributed by atoms with Crippen molar-refractivity contribution in [3.05, 3.63) is 45.6 Å². The average Bonchev–Trinajstić information content (AvgIpc) is 2.70. The van der Waals surface area contributed by atoms with Gasteiger partial charge in [-0.3, -0.25) is 0 Å². The van der Waals surface area contributed by atoms with Gasteiger partial charge < -0.3 is 9.67 Å². The van der Waals surface area contributed by atoms with Crippen LogP contribution in [0, 0.1) is 3.57 Å². The predicted molar refractivity (Wildman–Crippen MR) is 68.2 cm³/mol. The zero-order valence-electron chi connectivity index (χ0n) is 9.15. The van der Waals surface area contributed by atoms with Crippen molar-refractivity contribution in [2.75, 3.05) is 0 Å². The minimum Gasteiger partial charge on any atom is -0.477 e. The van der Waals surface area contributed by atoms with Gasteiger partial charge >= 0.3 is 12.1 Å². The number of alkyl halides is 3. The van der Waals surface area contributed by atoms with Crippen molar-refractivity contribution in [2.45, 2.75) is 6.18 Å². The van der Waals surface area contributed by atoms with Crippen LogP contribution in [0.1, 0.15) is 16.2 Å². The third-order valence-corrected chi connectivity index (χ3v) is 2.91. The molecule has 2 aromatic rings. The first-order chi connectivity index (χ1) is 8.79. The number of hydrogen-bond donors (Lipinski definition) is 1. The van der Waals surface area contributed by atoms with Crippen molar-refractivity contribution in [2.24, 2.45) is 0 Å². The molecule has 0 aliphatic rings. The highest BCUT2D eigenvalue weighted by Gasteiger charge is 2.32. The summed E-state index contributed by atoms with van der Waals surface area (Å²) in [7, 11) is 0. The summed E-state index contributed by atoms with van der Waals surface area (Å²) < 4.78 is 39.0. The van der Waals surface area contributed by atoms with Gasteiger partial charge in [0.1, 0.15) is 11.4 Å². The maximum absolute atomic E-state index is 12.4. The molecule has 2 rings (SSSR count). The number of aromatic carboxylic acids is 1. The molecule has 0 bridgehead atoms. The third-order valence-electron chi connectivity index (χ3n) is 2.32. The molecule has 2 aromatic heterocycles. The number of carbonyl (C=O) groups is 1. The molecule has 0 atom stereocenters. The van der Waals surface area contributed by atoms with Crippen LogP contribution in [0.2, 0.25) is 0 Å². The molecule has 0 aromatic carbocycles. The van der Waals surface area contributed by atoms with E-state index in [1.807, 2.05) is 22.6 Å². The van der Waals surface area contributed by atoms with Crippen molar-refractivity contribution in [3.63, 3.8) is 0 Å². The van der Waals surface area contributed by atoms with E-state index in [2.05, 4.69) is 4.98 Å². The first-order valence-corrected chi connectivity index (χ1v) is 6.02. The monoisotopic (exact) mass is 382 g/mol. The fourth-order valence-corrected chi connectivity index (χ4v) is 2.08. The van der Waals surface area contributed by atoms with Gasteiger partial charge in [-0.15, -0.1) is 0 Å². The smallest absolute Gasteiger partial charge is 0.433 e. The lowest BCUT2D eigenvalue weighted by Gasteiger charge is -2.08. The Kier molecular flexibility index (Phi) is 3.52. The molecular weight excluding hydrogens is 376 g/mol. The molecular formula is C11H6F3IN2O2. The maximum Gasteiger partial charge on any atom is 0.433 e. The first-order valence-electron chi connectivity index (χ1n) is 4.94. The molecule has 0 amide bonds. The van der Waals surface area contributed by atoms with Crippen molar-refractivity contribution in [3.8, 4) is 5.69 Å². The van der Waals surface area contributed by atoms with Gasteiger partial charge in [0, 0.05) is 9.77 Å². The van der Waals surface area contributed by atoms with Crippen LogP contribution in [0.5, 0.6) is 0 Å². The summed E-state index contributed by atoms with van der Waals surface area (Å²) in [6.45, 7) is 0. The number of carboxylic acids is 1. The second kappa shape index (κ2) is 4.83. The van der Waals surface area contributed by atoms with Crippen LogP contribution >= 0.6 is 22.6 Å². The highest BCUT2D eigenvalue weighted by Crippen LogP contribution is 2.28. The molecule has 0 spiro atoms. The van der Waals surface area contributed by atoms with Gasteiger partial charge in [0.2, 0.25) is 0 Å².